The van der Waals surface area contributed by atoms with Crippen molar-refractivity contribution in [3.8, 4) is 5.75 Å². The van der Waals surface area contributed by atoms with Gasteiger partial charge in [-0.25, -0.2) is 0 Å². The van der Waals surface area contributed by atoms with Crippen LogP contribution in [0.5, 0.6) is 5.75 Å². The lowest BCUT2D eigenvalue weighted by atomic mass is 9.85. The molecule has 0 aliphatic rings. The average molecular weight is 329 g/mol. The minimum absolute atomic E-state index is 0.0838. The molecule has 106 valence electrons. The second-order valence-corrected chi connectivity index (χ2v) is 6.43. The van der Waals surface area contributed by atoms with Crippen molar-refractivity contribution in [2.45, 2.75) is 33.2 Å². The molecule has 1 atom stereocenters. The lowest BCUT2D eigenvalue weighted by Gasteiger charge is -2.26. The van der Waals surface area contributed by atoms with Crippen molar-refractivity contribution in [2.24, 2.45) is 11.1 Å². The van der Waals surface area contributed by atoms with Gasteiger partial charge in [-0.05, 0) is 39.5 Å². The van der Waals surface area contributed by atoms with Gasteiger partial charge < -0.3 is 15.8 Å². The summed E-state index contributed by atoms with van der Waals surface area (Å²) in [6.45, 7) is 6.07. The van der Waals surface area contributed by atoms with Gasteiger partial charge in [0.25, 0.3) is 0 Å². The van der Waals surface area contributed by atoms with E-state index < -0.39 is 0 Å². The van der Waals surface area contributed by atoms with Gasteiger partial charge in [0, 0.05) is 18.2 Å². The van der Waals surface area contributed by atoms with E-state index >= 15 is 0 Å². The molecule has 0 fully saturated rings. The molecule has 0 heterocycles. The minimum atomic E-state index is -0.172. The van der Waals surface area contributed by atoms with Gasteiger partial charge in [0.05, 0.1) is 11.6 Å². The number of nitrogens with two attached hydrogens (primary N) is 1. The van der Waals surface area contributed by atoms with Crippen LogP contribution in [0.25, 0.3) is 0 Å². The van der Waals surface area contributed by atoms with Crippen LogP contribution in [-0.2, 0) is 4.79 Å². The van der Waals surface area contributed by atoms with E-state index in [0.717, 1.165) is 15.9 Å². The summed E-state index contributed by atoms with van der Waals surface area (Å²) >= 11 is 3.38. The van der Waals surface area contributed by atoms with E-state index in [1.807, 2.05) is 20.8 Å². The van der Waals surface area contributed by atoms with E-state index in [4.69, 9.17) is 10.5 Å². The summed E-state index contributed by atoms with van der Waals surface area (Å²) in [7, 11) is 1.60. The third kappa shape index (κ3) is 4.84. The summed E-state index contributed by atoms with van der Waals surface area (Å²) in [6.07, 6.45) is 0.299. The molecule has 0 radical (unpaired) electrons. The molecule has 0 spiro atoms. The molecule has 4 nitrogen and oxygen atoms in total. The van der Waals surface area contributed by atoms with Crippen LogP contribution < -0.4 is 15.8 Å². The van der Waals surface area contributed by atoms with Crippen molar-refractivity contribution in [2.75, 3.05) is 12.4 Å². The van der Waals surface area contributed by atoms with Crippen molar-refractivity contribution in [1.29, 1.82) is 0 Å². The smallest absolute Gasteiger partial charge is 0.225 e. The molecule has 0 saturated carbocycles. The van der Waals surface area contributed by atoms with Crippen molar-refractivity contribution in [1.82, 2.24) is 0 Å². The number of methoxy groups -OCH3 is 1. The van der Waals surface area contributed by atoms with Gasteiger partial charge in [-0.2, -0.15) is 0 Å². The molecular formula is C14H21BrN2O2. The SMILES string of the molecule is COc1ccc(NC(=O)CC(N)C(C)(C)C)cc1Br. The fourth-order valence-corrected chi connectivity index (χ4v) is 2.00. The zero-order valence-corrected chi connectivity index (χ0v) is 13.4. The molecule has 1 unspecified atom stereocenters. The molecule has 1 rings (SSSR count). The fraction of sp³-hybridized carbons (Fsp3) is 0.500. The molecule has 1 aromatic carbocycles. The zero-order valence-electron chi connectivity index (χ0n) is 11.8. The molecule has 3 N–H and O–H groups in total. The molecular weight excluding hydrogens is 308 g/mol. The average Bonchev–Trinajstić information content (AvgIpc) is 2.27. The van der Waals surface area contributed by atoms with Gasteiger partial charge in [-0.3, -0.25) is 4.79 Å². The summed E-state index contributed by atoms with van der Waals surface area (Å²) < 4.78 is 5.93. The Morgan fingerprint density at radius 2 is 2.11 bits per heavy atom. The third-order valence-electron chi connectivity index (χ3n) is 2.95. The van der Waals surface area contributed by atoms with Gasteiger partial charge in [-0.1, -0.05) is 20.8 Å². The highest BCUT2D eigenvalue weighted by Gasteiger charge is 2.23. The molecule has 19 heavy (non-hydrogen) atoms. The maximum atomic E-state index is 11.9. The molecule has 1 aromatic rings. The van der Waals surface area contributed by atoms with Gasteiger partial charge in [0.1, 0.15) is 5.75 Å². The van der Waals surface area contributed by atoms with E-state index in [-0.39, 0.29) is 17.4 Å². The quantitative estimate of drug-likeness (QED) is 0.892. The van der Waals surface area contributed by atoms with Crippen LogP contribution in [0.15, 0.2) is 22.7 Å². The number of carbonyl (C=O) groups excluding carboxylic acids is 1. The molecule has 1 amide bonds. The Bertz CT molecular complexity index is 455. The van der Waals surface area contributed by atoms with Gasteiger partial charge in [0.15, 0.2) is 0 Å². The highest BCUT2D eigenvalue weighted by molar-refractivity contribution is 9.10. The highest BCUT2D eigenvalue weighted by Crippen LogP contribution is 2.28. The fourth-order valence-electron chi connectivity index (χ4n) is 1.46. The normalized spacial score (nSPS) is 12.9. The Morgan fingerprint density at radius 3 is 2.58 bits per heavy atom. The van der Waals surface area contributed by atoms with E-state index in [1.165, 1.54) is 0 Å². The first-order valence-corrected chi connectivity index (χ1v) is 6.92. The number of rotatable bonds is 4. The monoisotopic (exact) mass is 328 g/mol. The standard InChI is InChI=1S/C14H21BrN2O2/c1-14(2,3)12(16)8-13(18)17-9-5-6-11(19-4)10(15)7-9/h5-7,12H,8,16H2,1-4H3,(H,17,18). The molecule has 0 aliphatic carbocycles. The zero-order chi connectivity index (χ0) is 14.6. The Morgan fingerprint density at radius 1 is 1.47 bits per heavy atom. The summed E-state index contributed by atoms with van der Waals surface area (Å²) in [5, 5.41) is 2.83. The molecule has 0 saturated heterocycles. The van der Waals surface area contributed by atoms with Crippen LogP contribution >= 0.6 is 15.9 Å². The van der Waals surface area contributed by atoms with Gasteiger partial charge in [0.2, 0.25) is 5.91 Å². The predicted molar refractivity (Wildman–Crippen MR) is 81.4 cm³/mol. The van der Waals surface area contributed by atoms with Crippen molar-refractivity contribution in [3.05, 3.63) is 22.7 Å². The molecule has 5 heteroatoms. The topological polar surface area (TPSA) is 64.3 Å². The van der Waals surface area contributed by atoms with Crippen LogP contribution in [0.4, 0.5) is 5.69 Å². The number of ether oxygens (including phenoxy) is 1. The second-order valence-electron chi connectivity index (χ2n) is 5.57. The molecule has 0 aliphatic heterocycles. The van der Waals surface area contributed by atoms with Crippen LogP contribution in [0.2, 0.25) is 0 Å². The number of halogens is 1. The number of carbonyl (C=O) groups is 1. The Labute approximate surface area is 122 Å². The van der Waals surface area contributed by atoms with Crippen molar-refractivity contribution < 1.29 is 9.53 Å². The molecule has 0 aromatic heterocycles. The largest absolute Gasteiger partial charge is 0.496 e. The van der Waals surface area contributed by atoms with Crippen LogP contribution in [0, 0.1) is 5.41 Å². The van der Waals surface area contributed by atoms with E-state index in [0.29, 0.717) is 6.42 Å². The minimum Gasteiger partial charge on any atom is -0.496 e. The number of nitrogens with one attached hydrogen (secondary N) is 1. The number of amides is 1. The number of hydrogen-bond acceptors (Lipinski definition) is 3. The van der Waals surface area contributed by atoms with Crippen LogP contribution in [0.1, 0.15) is 27.2 Å². The Kier molecular flexibility index (Phi) is 5.38. The van der Waals surface area contributed by atoms with Crippen molar-refractivity contribution in [3.63, 3.8) is 0 Å². The lowest BCUT2D eigenvalue weighted by molar-refractivity contribution is -0.117. The summed E-state index contributed by atoms with van der Waals surface area (Å²) in [4.78, 5) is 11.9. The highest BCUT2D eigenvalue weighted by atomic mass is 79.9. The second kappa shape index (κ2) is 6.39. The number of hydrogen-bond donors (Lipinski definition) is 2. The van der Waals surface area contributed by atoms with E-state index in [9.17, 15) is 4.79 Å². The molecule has 0 bridgehead atoms. The van der Waals surface area contributed by atoms with Crippen LogP contribution in [0.3, 0.4) is 0 Å². The van der Waals surface area contributed by atoms with Crippen molar-refractivity contribution >= 4 is 27.5 Å². The maximum Gasteiger partial charge on any atom is 0.225 e. The van der Waals surface area contributed by atoms with E-state index in [1.54, 1.807) is 25.3 Å². The summed E-state index contributed by atoms with van der Waals surface area (Å²) in [5.41, 5.74) is 6.63. The maximum absolute atomic E-state index is 11.9. The summed E-state index contributed by atoms with van der Waals surface area (Å²) in [6, 6.07) is 5.22. The first-order valence-electron chi connectivity index (χ1n) is 6.13. The van der Waals surface area contributed by atoms with Crippen LogP contribution in [-0.4, -0.2) is 19.1 Å². The number of anilines is 1. The van der Waals surface area contributed by atoms with E-state index in [2.05, 4.69) is 21.2 Å². The predicted octanol–water partition coefficient (Wildman–Crippen LogP) is 3.16. The third-order valence-corrected chi connectivity index (χ3v) is 3.57. The number of benzene rings is 1. The van der Waals surface area contributed by atoms with Gasteiger partial charge in [-0.15, -0.1) is 0 Å². The first kappa shape index (κ1) is 16.0. The van der Waals surface area contributed by atoms with Gasteiger partial charge >= 0.3 is 0 Å². The summed E-state index contributed by atoms with van der Waals surface area (Å²) in [5.74, 6) is 0.642. The Balaban J connectivity index is 2.65. The Hall–Kier alpha value is -1.07. The lowest BCUT2D eigenvalue weighted by Crippen LogP contribution is -2.38. The first-order chi connectivity index (χ1) is 8.74.